The van der Waals surface area contributed by atoms with Gasteiger partial charge in [-0.1, -0.05) is 56.0 Å². The maximum Gasteiger partial charge on any atom is 0.355 e. The molecule has 17 heteroatoms. The number of hydrogen-bond donors (Lipinski definition) is 11. The first-order valence-electron chi connectivity index (χ1n) is 21.9. The van der Waals surface area contributed by atoms with Crippen molar-refractivity contribution in [2.75, 3.05) is 18.1 Å². The number of aliphatic hydroxyl groups excluding tert-OH is 5. The number of allylic oxidation sites excluding steroid dienone is 1. The molecule has 1 saturated carbocycles. The number of imidazole rings is 1. The van der Waals surface area contributed by atoms with E-state index in [9.17, 15) is 55.9 Å². The predicted molar refractivity (Wildman–Crippen MR) is 233 cm³/mol. The van der Waals surface area contributed by atoms with Crippen molar-refractivity contribution < 1.29 is 70.1 Å². The summed E-state index contributed by atoms with van der Waals surface area (Å²) in [6.45, 7) is 0.831. The Bertz CT molecular complexity index is 2500. The van der Waals surface area contributed by atoms with Crippen molar-refractivity contribution in [3.05, 3.63) is 112 Å². The van der Waals surface area contributed by atoms with E-state index in [-0.39, 0.29) is 42.2 Å². The number of carbonyl (C=O) groups excluding carboxylic acids is 1. The number of rotatable bonds is 14. The number of carboxylic acids is 1. The zero-order valence-electron chi connectivity index (χ0n) is 35.7. The molecule has 8 rings (SSSR count). The number of benzene rings is 3. The van der Waals surface area contributed by atoms with Crippen LogP contribution in [-0.4, -0.2) is 122 Å². The van der Waals surface area contributed by atoms with Crippen LogP contribution in [0.15, 0.2) is 78.6 Å². The fourth-order valence-electron chi connectivity index (χ4n) is 10.9. The van der Waals surface area contributed by atoms with Gasteiger partial charge in [0, 0.05) is 53.3 Å². The molecule has 17 nitrogen and oxygen atoms in total. The number of aliphatic hydroxyl groups is 6. The topological polar surface area (TPSA) is 287 Å². The lowest BCUT2D eigenvalue weighted by atomic mass is 9.56. The number of ether oxygens (including phenoxy) is 2. The van der Waals surface area contributed by atoms with E-state index in [4.69, 9.17) is 9.47 Å². The van der Waals surface area contributed by atoms with Crippen molar-refractivity contribution in [3.63, 3.8) is 0 Å². The van der Waals surface area contributed by atoms with Gasteiger partial charge in [-0.2, -0.15) is 0 Å². The summed E-state index contributed by atoms with van der Waals surface area (Å²) in [5.41, 5.74) is 0.986. The molecule has 3 heterocycles. The molecule has 8 atom stereocenters. The van der Waals surface area contributed by atoms with Crippen LogP contribution < -0.4 is 9.64 Å². The number of hydrogen-bond acceptors (Lipinski definition) is 14. The Morgan fingerprint density at radius 2 is 1.71 bits per heavy atom. The van der Waals surface area contributed by atoms with Gasteiger partial charge < -0.3 is 65.5 Å². The number of anilines is 1. The summed E-state index contributed by atoms with van der Waals surface area (Å²) < 4.78 is 11.0. The largest absolute Gasteiger partial charge is 0.508 e. The van der Waals surface area contributed by atoms with Crippen LogP contribution in [0.4, 0.5) is 5.69 Å². The number of H-pyrrole nitrogens is 1. The standard InChI is InChI=1S/C48H55N3O14/c1-2-31-32(50-25-49-31)20-28-19-26(12-14-34(28)54)13-15-39(57)51-33-22-37(64-48(63)44(60)43(59)42(58)38(24-53)65-48)36(56)21-29(33)41-40(27(9-8-18-52)23-47(41,51)45(61)62)46(16-6-3-7-17-46)30-10-4-5-11-35(30)55/h4-5,10-15,19,21-23,25,38,40-44,52-56,58-60,63H,2-3,6-9,16-18,20,24H2,1H3,(H,49,50)(H,61,62). The molecule has 4 aromatic rings. The number of amides is 1. The average Bonchev–Trinajstić information content (AvgIpc) is 3.97. The van der Waals surface area contributed by atoms with E-state index in [1.165, 1.54) is 24.3 Å². The van der Waals surface area contributed by atoms with Crippen molar-refractivity contribution in [2.45, 2.75) is 112 Å². The summed E-state index contributed by atoms with van der Waals surface area (Å²) in [7, 11) is 0. The molecule has 1 saturated heterocycles. The Morgan fingerprint density at radius 1 is 0.954 bits per heavy atom. The van der Waals surface area contributed by atoms with Crippen LogP contribution in [0.5, 0.6) is 23.0 Å². The number of aryl methyl sites for hydroxylation is 1. The second-order valence-corrected chi connectivity index (χ2v) is 17.5. The van der Waals surface area contributed by atoms with E-state index in [0.717, 1.165) is 41.6 Å². The smallest absolute Gasteiger partial charge is 0.355 e. The Morgan fingerprint density at radius 3 is 2.40 bits per heavy atom. The number of carboxylic acid groups (broad SMARTS) is 1. The minimum Gasteiger partial charge on any atom is -0.508 e. The minimum absolute atomic E-state index is 0.0123. The molecule has 2 aliphatic carbocycles. The van der Waals surface area contributed by atoms with Gasteiger partial charge in [-0.3, -0.25) is 9.69 Å². The van der Waals surface area contributed by atoms with E-state index in [2.05, 4.69) is 9.97 Å². The van der Waals surface area contributed by atoms with Crippen molar-refractivity contribution >= 4 is 23.6 Å². The van der Waals surface area contributed by atoms with Crippen LogP contribution in [0, 0.1) is 5.92 Å². The normalized spacial score (nSPS) is 28.2. The zero-order chi connectivity index (χ0) is 46.4. The van der Waals surface area contributed by atoms with Crippen LogP contribution >= 0.6 is 0 Å². The molecular weight excluding hydrogens is 843 g/mol. The predicted octanol–water partition coefficient (Wildman–Crippen LogP) is 3.38. The lowest BCUT2D eigenvalue weighted by Gasteiger charge is -2.47. The number of nitrogens with one attached hydrogen (secondary N) is 1. The summed E-state index contributed by atoms with van der Waals surface area (Å²) in [6.07, 6.45) is 2.80. The first-order chi connectivity index (χ1) is 31.1. The summed E-state index contributed by atoms with van der Waals surface area (Å²) in [6, 6.07) is 14.0. The van der Waals surface area contributed by atoms with E-state index in [1.54, 1.807) is 42.7 Å². The van der Waals surface area contributed by atoms with E-state index in [1.807, 2.05) is 13.0 Å². The quantitative estimate of drug-likeness (QED) is 0.0492. The number of aromatic hydroxyl groups is 3. The van der Waals surface area contributed by atoms with Crippen LogP contribution in [0.25, 0.3) is 6.08 Å². The summed E-state index contributed by atoms with van der Waals surface area (Å²) in [5.74, 6) is -8.51. The molecule has 346 valence electrons. The average molecular weight is 898 g/mol. The Kier molecular flexibility index (Phi) is 12.6. The summed E-state index contributed by atoms with van der Waals surface area (Å²) >= 11 is 0. The van der Waals surface area contributed by atoms with Crippen molar-refractivity contribution in [1.82, 2.24) is 9.97 Å². The number of phenols is 3. The van der Waals surface area contributed by atoms with Gasteiger partial charge in [0.1, 0.15) is 29.8 Å². The Balaban J connectivity index is 1.30. The number of carbonyl (C=O) groups is 2. The Hall–Kier alpha value is -5.79. The molecule has 4 aliphatic rings. The molecule has 1 amide bonds. The van der Waals surface area contributed by atoms with Gasteiger partial charge in [-0.25, -0.2) is 9.78 Å². The number of aliphatic carboxylic acids is 1. The number of nitrogens with zero attached hydrogens (tertiary/aromatic N) is 2. The fraction of sp³-hybridized carbons (Fsp3) is 0.438. The molecule has 8 unspecified atom stereocenters. The second kappa shape index (κ2) is 17.9. The number of para-hydroxylation sites is 1. The van der Waals surface area contributed by atoms with Gasteiger partial charge in [-0.05, 0) is 85.6 Å². The highest BCUT2D eigenvalue weighted by atomic mass is 16.8. The first-order valence-corrected chi connectivity index (χ1v) is 21.9. The molecule has 0 bridgehead atoms. The highest BCUT2D eigenvalue weighted by Crippen LogP contribution is 2.67. The van der Waals surface area contributed by atoms with Gasteiger partial charge >= 0.3 is 11.9 Å². The van der Waals surface area contributed by atoms with E-state index in [0.29, 0.717) is 47.9 Å². The lowest BCUT2D eigenvalue weighted by Crippen LogP contribution is -2.67. The summed E-state index contributed by atoms with van der Waals surface area (Å²) in [5, 5.41) is 109. The van der Waals surface area contributed by atoms with Crippen LogP contribution in [0.1, 0.15) is 91.4 Å². The van der Waals surface area contributed by atoms with Gasteiger partial charge in [0.15, 0.2) is 23.1 Å². The SMILES string of the molecule is CCc1nc[nH]c1Cc1cc(C=CC(=O)N2c3cc(OC4(O)OC(CO)C(O)C(O)C4O)c(O)cc3C3C(C4(c5ccccc5O)CCCCC4)C(CCCO)=CC32C(=O)O)ccc1O. The summed E-state index contributed by atoms with van der Waals surface area (Å²) in [4.78, 5) is 38.0. The number of aromatic amines is 1. The molecule has 65 heavy (non-hydrogen) atoms. The molecule has 2 aliphatic heterocycles. The fourth-order valence-corrected chi connectivity index (χ4v) is 10.9. The maximum absolute atomic E-state index is 15.1. The molecule has 0 spiro atoms. The number of aromatic nitrogens is 2. The molecule has 2 fully saturated rings. The highest BCUT2D eigenvalue weighted by molar-refractivity contribution is 6.13. The van der Waals surface area contributed by atoms with Gasteiger partial charge in [0.25, 0.3) is 5.91 Å². The molecule has 3 aromatic carbocycles. The number of phenolic OH excluding ortho intramolecular Hbond substituents is 3. The van der Waals surface area contributed by atoms with Crippen molar-refractivity contribution in [3.8, 4) is 23.0 Å². The Labute approximate surface area is 374 Å². The van der Waals surface area contributed by atoms with Crippen LogP contribution in [0.3, 0.4) is 0 Å². The molecular formula is C48H55N3O14. The third-order valence-corrected chi connectivity index (χ3v) is 13.9. The molecule has 11 N–H and O–H groups in total. The third-order valence-electron chi connectivity index (χ3n) is 13.9. The molecule has 0 radical (unpaired) electrons. The first kappa shape index (κ1) is 45.8. The van der Waals surface area contributed by atoms with Crippen LogP contribution in [0.2, 0.25) is 0 Å². The maximum atomic E-state index is 15.1. The zero-order valence-corrected chi connectivity index (χ0v) is 35.7. The van der Waals surface area contributed by atoms with Crippen molar-refractivity contribution in [1.29, 1.82) is 0 Å². The van der Waals surface area contributed by atoms with Gasteiger partial charge in [0.05, 0.1) is 24.3 Å². The van der Waals surface area contributed by atoms with Crippen LogP contribution in [-0.2, 0) is 32.6 Å². The monoisotopic (exact) mass is 897 g/mol. The van der Waals surface area contributed by atoms with Crippen molar-refractivity contribution in [2.24, 2.45) is 5.92 Å². The van der Waals surface area contributed by atoms with Gasteiger partial charge in [-0.15, -0.1) is 0 Å². The second-order valence-electron chi connectivity index (χ2n) is 17.5. The third kappa shape index (κ3) is 7.73. The van der Waals surface area contributed by atoms with Gasteiger partial charge in [0.2, 0.25) is 0 Å². The van der Waals surface area contributed by atoms with E-state index >= 15 is 4.79 Å². The number of fused-ring (bicyclic) bond motifs is 3. The highest BCUT2D eigenvalue weighted by Gasteiger charge is 2.68. The van der Waals surface area contributed by atoms with E-state index < -0.39 is 83.2 Å². The minimum atomic E-state index is -3.17. The lowest BCUT2D eigenvalue weighted by molar-refractivity contribution is -0.422. The molecule has 1 aromatic heterocycles.